The lowest BCUT2D eigenvalue weighted by atomic mass is 9.79. The molecule has 1 aromatic carbocycles. The van der Waals surface area contributed by atoms with Crippen LogP contribution in [0, 0.1) is 5.82 Å². The first-order valence-electron chi connectivity index (χ1n) is 6.86. The van der Waals surface area contributed by atoms with E-state index in [1.54, 1.807) is 18.5 Å². The molecule has 1 aromatic heterocycles. The lowest BCUT2D eigenvalue weighted by molar-refractivity contribution is 0.271. The van der Waals surface area contributed by atoms with Gasteiger partial charge in [0.1, 0.15) is 5.82 Å². The van der Waals surface area contributed by atoms with Crippen LogP contribution in [0.4, 0.5) is 4.39 Å². The SMILES string of the molecule is CCN(Cc1ccncc1)Cc1ccc(F)c(B(O)O)c1. The Morgan fingerprint density at radius 2 is 1.76 bits per heavy atom. The van der Waals surface area contributed by atoms with E-state index in [9.17, 15) is 4.39 Å². The summed E-state index contributed by atoms with van der Waals surface area (Å²) >= 11 is 0. The Morgan fingerprint density at radius 1 is 1.10 bits per heavy atom. The highest BCUT2D eigenvalue weighted by atomic mass is 19.1. The number of hydrogen-bond donors (Lipinski definition) is 2. The van der Waals surface area contributed by atoms with Crippen LogP contribution < -0.4 is 5.46 Å². The van der Waals surface area contributed by atoms with E-state index in [-0.39, 0.29) is 5.46 Å². The highest BCUT2D eigenvalue weighted by molar-refractivity contribution is 6.58. The van der Waals surface area contributed by atoms with Gasteiger partial charge in [0.25, 0.3) is 0 Å². The number of pyridine rings is 1. The summed E-state index contributed by atoms with van der Waals surface area (Å²) in [6, 6.07) is 8.34. The first-order chi connectivity index (χ1) is 10.1. The minimum atomic E-state index is -1.79. The molecule has 0 fully saturated rings. The average Bonchev–Trinajstić information content (AvgIpc) is 2.49. The molecule has 0 unspecified atom stereocenters. The second-order valence-electron chi connectivity index (χ2n) is 4.89. The summed E-state index contributed by atoms with van der Waals surface area (Å²) in [5.41, 5.74) is 1.90. The predicted octanol–water partition coefficient (Wildman–Crippen LogP) is 0.923. The highest BCUT2D eigenvalue weighted by Crippen LogP contribution is 2.09. The second-order valence-corrected chi connectivity index (χ2v) is 4.89. The predicted molar refractivity (Wildman–Crippen MR) is 80.3 cm³/mol. The molecule has 21 heavy (non-hydrogen) atoms. The number of nitrogens with zero attached hydrogens (tertiary/aromatic N) is 2. The molecule has 110 valence electrons. The van der Waals surface area contributed by atoms with Crippen LogP contribution in [0.15, 0.2) is 42.7 Å². The Kier molecular flexibility index (Phi) is 5.44. The maximum atomic E-state index is 13.4. The van der Waals surface area contributed by atoms with Crippen LogP contribution in [-0.2, 0) is 13.1 Å². The van der Waals surface area contributed by atoms with Crippen molar-refractivity contribution < 1.29 is 14.4 Å². The molecule has 4 nitrogen and oxygen atoms in total. The van der Waals surface area contributed by atoms with Crippen LogP contribution in [-0.4, -0.2) is 33.6 Å². The van der Waals surface area contributed by atoms with E-state index in [2.05, 4.69) is 9.88 Å². The van der Waals surface area contributed by atoms with Gasteiger partial charge in [0.15, 0.2) is 0 Å². The molecular formula is C15H18BFN2O2. The molecule has 0 atom stereocenters. The number of rotatable bonds is 6. The largest absolute Gasteiger partial charge is 0.491 e. The van der Waals surface area contributed by atoms with Gasteiger partial charge in [-0.3, -0.25) is 9.88 Å². The van der Waals surface area contributed by atoms with E-state index in [0.717, 1.165) is 24.2 Å². The molecule has 1 heterocycles. The van der Waals surface area contributed by atoms with Gasteiger partial charge in [-0.25, -0.2) is 4.39 Å². The molecule has 2 rings (SSSR count). The van der Waals surface area contributed by atoms with Gasteiger partial charge in [-0.2, -0.15) is 0 Å². The fourth-order valence-corrected chi connectivity index (χ4v) is 2.17. The zero-order valence-corrected chi connectivity index (χ0v) is 11.9. The Hall–Kier alpha value is -1.76. The molecular weight excluding hydrogens is 270 g/mol. The topological polar surface area (TPSA) is 56.6 Å². The van der Waals surface area contributed by atoms with Gasteiger partial charge in [-0.15, -0.1) is 0 Å². The summed E-state index contributed by atoms with van der Waals surface area (Å²) in [6.45, 7) is 4.25. The zero-order chi connectivity index (χ0) is 15.2. The van der Waals surface area contributed by atoms with E-state index >= 15 is 0 Å². The van der Waals surface area contributed by atoms with Gasteiger partial charge in [-0.05, 0) is 35.9 Å². The smallest absolute Gasteiger partial charge is 0.423 e. The molecule has 0 spiro atoms. The molecule has 0 aliphatic heterocycles. The molecule has 0 aliphatic rings. The summed E-state index contributed by atoms with van der Waals surface area (Å²) < 4.78 is 13.4. The van der Waals surface area contributed by atoms with Crippen molar-refractivity contribution in [1.29, 1.82) is 0 Å². The number of benzene rings is 1. The van der Waals surface area contributed by atoms with Crippen molar-refractivity contribution in [3.63, 3.8) is 0 Å². The van der Waals surface area contributed by atoms with E-state index in [0.29, 0.717) is 6.54 Å². The van der Waals surface area contributed by atoms with Crippen molar-refractivity contribution in [1.82, 2.24) is 9.88 Å². The van der Waals surface area contributed by atoms with Crippen LogP contribution in [0.25, 0.3) is 0 Å². The van der Waals surface area contributed by atoms with E-state index < -0.39 is 12.9 Å². The first kappa shape index (κ1) is 15.6. The van der Waals surface area contributed by atoms with Crippen LogP contribution in [0.5, 0.6) is 0 Å². The third-order valence-electron chi connectivity index (χ3n) is 3.35. The van der Waals surface area contributed by atoms with Crippen molar-refractivity contribution in [2.75, 3.05) is 6.54 Å². The molecule has 0 aliphatic carbocycles. The van der Waals surface area contributed by atoms with Crippen LogP contribution in [0.1, 0.15) is 18.1 Å². The van der Waals surface area contributed by atoms with Crippen molar-refractivity contribution >= 4 is 12.6 Å². The number of aromatic nitrogens is 1. The van der Waals surface area contributed by atoms with E-state index in [4.69, 9.17) is 10.0 Å². The molecule has 0 saturated carbocycles. The van der Waals surface area contributed by atoms with Gasteiger partial charge in [0.2, 0.25) is 0 Å². The monoisotopic (exact) mass is 288 g/mol. The Balaban J connectivity index is 2.10. The Labute approximate surface area is 124 Å². The zero-order valence-electron chi connectivity index (χ0n) is 11.9. The lowest BCUT2D eigenvalue weighted by Crippen LogP contribution is -2.33. The van der Waals surface area contributed by atoms with Gasteiger partial charge < -0.3 is 10.0 Å². The van der Waals surface area contributed by atoms with Crippen LogP contribution >= 0.6 is 0 Å². The molecule has 0 saturated heterocycles. The fraction of sp³-hybridized carbons (Fsp3) is 0.267. The van der Waals surface area contributed by atoms with Crippen LogP contribution in [0.2, 0.25) is 0 Å². The van der Waals surface area contributed by atoms with Crippen molar-refractivity contribution in [3.05, 3.63) is 59.7 Å². The summed E-state index contributed by atoms with van der Waals surface area (Å²) in [7, 11) is -1.79. The summed E-state index contributed by atoms with van der Waals surface area (Å²) in [5.74, 6) is -0.606. The maximum absolute atomic E-state index is 13.4. The second kappa shape index (κ2) is 7.31. The molecule has 2 aromatic rings. The number of hydrogen-bond acceptors (Lipinski definition) is 4. The third-order valence-corrected chi connectivity index (χ3v) is 3.35. The Bertz CT molecular complexity index is 581. The van der Waals surface area contributed by atoms with Gasteiger partial charge in [0, 0.05) is 30.9 Å². The van der Waals surface area contributed by atoms with Crippen molar-refractivity contribution in [2.24, 2.45) is 0 Å². The lowest BCUT2D eigenvalue weighted by Gasteiger charge is -2.21. The molecule has 0 radical (unpaired) electrons. The highest BCUT2D eigenvalue weighted by Gasteiger charge is 2.17. The van der Waals surface area contributed by atoms with E-state index in [1.165, 1.54) is 12.1 Å². The van der Waals surface area contributed by atoms with Gasteiger partial charge in [0.05, 0.1) is 0 Å². The standard InChI is InChI=1S/C15H18BFN2O2/c1-2-19(10-12-5-7-18-8-6-12)11-13-3-4-15(17)14(9-13)16(20)21/h3-9,20-21H,2,10-11H2,1H3. The summed E-state index contributed by atoms with van der Waals surface area (Å²) in [4.78, 5) is 6.16. The Morgan fingerprint density at radius 3 is 2.38 bits per heavy atom. The van der Waals surface area contributed by atoms with Crippen molar-refractivity contribution in [3.8, 4) is 0 Å². The van der Waals surface area contributed by atoms with Crippen molar-refractivity contribution in [2.45, 2.75) is 20.0 Å². The third kappa shape index (κ3) is 4.36. The first-order valence-corrected chi connectivity index (χ1v) is 6.86. The summed E-state index contributed by atoms with van der Waals surface area (Å²) in [5, 5.41) is 18.3. The quantitative estimate of drug-likeness (QED) is 0.776. The van der Waals surface area contributed by atoms with Gasteiger partial charge in [-0.1, -0.05) is 19.1 Å². The molecule has 0 amide bonds. The minimum Gasteiger partial charge on any atom is -0.423 e. The summed E-state index contributed by atoms with van der Waals surface area (Å²) in [6.07, 6.45) is 3.50. The average molecular weight is 288 g/mol. The molecule has 2 N–H and O–H groups in total. The number of halogens is 1. The maximum Gasteiger partial charge on any atom is 0.491 e. The van der Waals surface area contributed by atoms with Gasteiger partial charge >= 0.3 is 7.12 Å². The molecule has 0 bridgehead atoms. The van der Waals surface area contributed by atoms with E-state index in [1.807, 2.05) is 19.1 Å². The fourth-order valence-electron chi connectivity index (χ4n) is 2.17. The minimum absolute atomic E-state index is 0.0903. The molecule has 6 heteroatoms. The van der Waals surface area contributed by atoms with Crippen LogP contribution in [0.3, 0.4) is 0 Å². The normalized spacial score (nSPS) is 10.9.